The summed E-state index contributed by atoms with van der Waals surface area (Å²) in [5, 5.41) is 10.4. The summed E-state index contributed by atoms with van der Waals surface area (Å²) in [5.41, 5.74) is 1.62. The molecule has 37 heavy (non-hydrogen) atoms. The first-order valence-electron chi connectivity index (χ1n) is 12.3. The lowest BCUT2D eigenvalue weighted by Crippen LogP contribution is -2.55. The molecule has 3 rings (SSSR count). The number of piperidine rings is 1. The van der Waals surface area contributed by atoms with Gasteiger partial charge in [0.15, 0.2) is 0 Å². The number of carbonyl (C=O) groups is 5. The van der Waals surface area contributed by atoms with Crippen LogP contribution in [-0.2, 0) is 30.4 Å². The highest BCUT2D eigenvalue weighted by Gasteiger charge is 2.34. The Balaban J connectivity index is 1.78. The lowest BCUT2D eigenvalue weighted by molar-refractivity contribution is -0.141. The molecule has 4 amide bonds. The third kappa shape index (κ3) is 8.42. The third-order valence-corrected chi connectivity index (χ3v) is 6.15. The Morgan fingerprint density at radius 3 is 2.30 bits per heavy atom. The molecule has 0 spiro atoms. The summed E-state index contributed by atoms with van der Waals surface area (Å²) in [6.45, 7) is 0.553. The number of likely N-dealkylation sites (N-methyl/N-ethyl adjacent to an activating group) is 1. The molecule has 0 unspecified atom stereocenters. The first-order valence-corrected chi connectivity index (χ1v) is 12.3. The highest BCUT2D eigenvalue weighted by atomic mass is 16.2. The van der Waals surface area contributed by atoms with Crippen molar-refractivity contribution in [3.8, 4) is 0 Å². The van der Waals surface area contributed by atoms with Gasteiger partial charge in [-0.15, -0.1) is 0 Å². The fraction of sp³-hybridized carbons (Fsp3) is 0.321. The van der Waals surface area contributed by atoms with Crippen molar-refractivity contribution >= 4 is 35.5 Å². The van der Waals surface area contributed by atoms with Gasteiger partial charge in [0.05, 0.1) is 6.04 Å². The van der Waals surface area contributed by atoms with Crippen LogP contribution in [0.1, 0.15) is 30.4 Å². The van der Waals surface area contributed by atoms with Crippen molar-refractivity contribution in [2.45, 2.75) is 37.8 Å². The molecule has 3 atom stereocenters. The number of Topliss-reactive ketones (excluding diaryl/α,β-unsaturated/α-hetero) is 1. The summed E-state index contributed by atoms with van der Waals surface area (Å²) >= 11 is 0. The van der Waals surface area contributed by atoms with E-state index < -0.39 is 41.5 Å². The van der Waals surface area contributed by atoms with Crippen LogP contribution in [0.5, 0.6) is 0 Å². The van der Waals surface area contributed by atoms with Gasteiger partial charge in [0.1, 0.15) is 6.04 Å². The van der Waals surface area contributed by atoms with Gasteiger partial charge in [0, 0.05) is 32.0 Å². The summed E-state index contributed by atoms with van der Waals surface area (Å²) in [4.78, 5) is 63.3. The van der Waals surface area contributed by atoms with Crippen LogP contribution in [0.15, 0.2) is 66.7 Å². The van der Waals surface area contributed by atoms with Crippen LogP contribution in [0.3, 0.4) is 0 Å². The van der Waals surface area contributed by atoms with E-state index in [9.17, 15) is 24.0 Å². The fourth-order valence-electron chi connectivity index (χ4n) is 4.15. The van der Waals surface area contributed by atoms with Crippen LogP contribution in [-0.4, -0.2) is 55.1 Å². The molecular formula is C28H32N4O5. The number of hydrogen-bond acceptors (Lipinski definition) is 5. The minimum Gasteiger partial charge on any atom is -0.356 e. The molecule has 1 saturated heterocycles. The Bertz CT molecular complexity index is 1130. The molecule has 0 aliphatic carbocycles. The molecule has 9 heteroatoms. The molecule has 2 aromatic rings. The average molecular weight is 505 g/mol. The molecule has 0 saturated carbocycles. The van der Waals surface area contributed by atoms with E-state index in [2.05, 4.69) is 21.3 Å². The predicted octanol–water partition coefficient (Wildman–Crippen LogP) is 1.14. The van der Waals surface area contributed by atoms with Gasteiger partial charge in [-0.1, -0.05) is 60.7 Å². The van der Waals surface area contributed by atoms with Crippen molar-refractivity contribution in [2.24, 2.45) is 5.92 Å². The van der Waals surface area contributed by atoms with Gasteiger partial charge in [-0.25, -0.2) is 0 Å². The standard InChI is InChI=1S/C28H32N4O5/c1-29-28(37)25(34)22(18-21-13-8-16-30-26(21)35)32-27(36)23(17-20-11-6-3-7-12-20)31-24(33)15-14-19-9-4-2-5-10-19/h2-7,9-12,14-15,21-23H,8,13,16-18H2,1H3,(H,29,37)(H,30,35)(H,31,33)(H,32,36)/b15-14+/t21-,22-,23-/m0/s1. The Hall–Kier alpha value is -4.27. The number of ketones is 1. The number of hydrogen-bond donors (Lipinski definition) is 4. The molecule has 0 bridgehead atoms. The molecule has 4 N–H and O–H groups in total. The molecule has 1 aliphatic heterocycles. The summed E-state index contributed by atoms with van der Waals surface area (Å²) in [7, 11) is 1.32. The van der Waals surface area contributed by atoms with Crippen molar-refractivity contribution in [1.82, 2.24) is 21.3 Å². The average Bonchev–Trinajstić information content (AvgIpc) is 2.92. The van der Waals surface area contributed by atoms with Crippen molar-refractivity contribution in [3.05, 3.63) is 77.9 Å². The Morgan fingerprint density at radius 1 is 0.973 bits per heavy atom. The summed E-state index contributed by atoms with van der Waals surface area (Å²) in [5.74, 6) is -3.54. The van der Waals surface area contributed by atoms with Gasteiger partial charge >= 0.3 is 0 Å². The first-order chi connectivity index (χ1) is 17.9. The van der Waals surface area contributed by atoms with Gasteiger partial charge in [0.25, 0.3) is 5.91 Å². The predicted molar refractivity (Wildman–Crippen MR) is 139 cm³/mol. The Kier molecular flexibility index (Phi) is 10.1. The van der Waals surface area contributed by atoms with Crippen molar-refractivity contribution in [1.29, 1.82) is 0 Å². The number of rotatable bonds is 11. The minimum absolute atomic E-state index is 0.0102. The zero-order chi connectivity index (χ0) is 26.6. The van der Waals surface area contributed by atoms with Crippen LogP contribution in [0.2, 0.25) is 0 Å². The highest BCUT2D eigenvalue weighted by molar-refractivity contribution is 6.38. The zero-order valence-corrected chi connectivity index (χ0v) is 20.7. The smallest absolute Gasteiger partial charge is 0.289 e. The van der Waals surface area contributed by atoms with E-state index in [1.165, 1.54) is 13.1 Å². The second kappa shape index (κ2) is 13.7. The number of benzene rings is 2. The molecule has 9 nitrogen and oxygen atoms in total. The van der Waals surface area contributed by atoms with Crippen LogP contribution in [0, 0.1) is 5.92 Å². The van der Waals surface area contributed by atoms with Gasteiger partial charge < -0.3 is 21.3 Å². The summed E-state index contributed by atoms with van der Waals surface area (Å²) in [6, 6.07) is 16.1. The lowest BCUT2D eigenvalue weighted by Gasteiger charge is -2.27. The molecule has 0 radical (unpaired) electrons. The zero-order valence-electron chi connectivity index (χ0n) is 20.7. The second-order valence-electron chi connectivity index (χ2n) is 8.87. The Labute approximate surface area is 216 Å². The topological polar surface area (TPSA) is 133 Å². The van der Waals surface area contributed by atoms with Crippen LogP contribution in [0.25, 0.3) is 6.08 Å². The van der Waals surface area contributed by atoms with Crippen LogP contribution in [0.4, 0.5) is 0 Å². The molecule has 194 valence electrons. The molecule has 1 aliphatic rings. The van der Waals surface area contributed by atoms with Crippen LogP contribution < -0.4 is 21.3 Å². The summed E-state index contributed by atoms with van der Waals surface area (Å²) in [6.07, 6.45) is 4.41. The SMILES string of the molecule is CNC(=O)C(=O)[C@H](C[C@@H]1CCCNC1=O)NC(=O)[C@H](Cc1ccccc1)NC(=O)/C=C/c1ccccc1. The lowest BCUT2D eigenvalue weighted by atomic mass is 9.89. The number of nitrogens with one attached hydrogen (secondary N) is 4. The van der Waals surface area contributed by atoms with E-state index >= 15 is 0 Å². The Morgan fingerprint density at radius 2 is 1.65 bits per heavy atom. The van der Waals surface area contributed by atoms with Crippen molar-refractivity contribution in [3.63, 3.8) is 0 Å². The largest absolute Gasteiger partial charge is 0.356 e. The van der Waals surface area contributed by atoms with E-state index in [1.807, 2.05) is 60.7 Å². The van der Waals surface area contributed by atoms with Crippen molar-refractivity contribution < 1.29 is 24.0 Å². The van der Waals surface area contributed by atoms with Crippen molar-refractivity contribution in [2.75, 3.05) is 13.6 Å². The maximum atomic E-state index is 13.4. The molecule has 0 aromatic heterocycles. The van der Waals surface area contributed by atoms with Gasteiger partial charge in [-0.3, -0.25) is 24.0 Å². The van der Waals surface area contributed by atoms with Gasteiger partial charge in [-0.2, -0.15) is 0 Å². The molecular weight excluding hydrogens is 472 g/mol. The maximum absolute atomic E-state index is 13.4. The third-order valence-electron chi connectivity index (χ3n) is 6.15. The highest BCUT2D eigenvalue weighted by Crippen LogP contribution is 2.18. The fourth-order valence-corrected chi connectivity index (χ4v) is 4.15. The normalized spacial score (nSPS) is 16.8. The van der Waals surface area contributed by atoms with E-state index in [1.54, 1.807) is 6.08 Å². The van der Waals surface area contributed by atoms with E-state index in [4.69, 9.17) is 0 Å². The number of amides is 4. The molecule has 2 aromatic carbocycles. The van der Waals surface area contributed by atoms with E-state index in [0.717, 1.165) is 17.5 Å². The quantitative estimate of drug-likeness (QED) is 0.269. The van der Waals surface area contributed by atoms with Crippen LogP contribution >= 0.6 is 0 Å². The maximum Gasteiger partial charge on any atom is 0.289 e. The van der Waals surface area contributed by atoms with E-state index in [0.29, 0.717) is 13.0 Å². The van der Waals surface area contributed by atoms with Gasteiger partial charge in [-0.05, 0) is 36.5 Å². The van der Waals surface area contributed by atoms with Gasteiger partial charge in [0.2, 0.25) is 23.5 Å². The minimum atomic E-state index is -1.21. The monoisotopic (exact) mass is 504 g/mol. The number of carbonyl (C=O) groups excluding carboxylic acids is 5. The van der Waals surface area contributed by atoms with E-state index in [-0.39, 0.29) is 18.7 Å². The summed E-state index contributed by atoms with van der Waals surface area (Å²) < 4.78 is 0. The molecule has 1 fully saturated rings. The molecule has 1 heterocycles. The second-order valence-corrected chi connectivity index (χ2v) is 8.87. The first kappa shape index (κ1) is 27.3.